The molecule has 0 spiro atoms. The Labute approximate surface area is 114 Å². The first-order chi connectivity index (χ1) is 7.98. The fourth-order valence-corrected chi connectivity index (χ4v) is 2.48. The Morgan fingerprint density at radius 2 is 1.53 bits per heavy atom. The molecule has 2 aromatic carbocycles. The second-order valence-corrected chi connectivity index (χ2v) is 7.08. The number of hydrogen-bond donors (Lipinski definition) is 0. The van der Waals surface area contributed by atoms with Gasteiger partial charge in [-0.3, -0.25) is 0 Å². The van der Waals surface area contributed by atoms with Crippen molar-refractivity contribution in [3.05, 3.63) is 58.6 Å². The Balaban J connectivity index is 2.40. The van der Waals surface area contributed by atoms with Gasteiger partial charge in [0.15, 0.2) is 0 Å². The standard InChI is InChI=1S/C15H16BrP/c1-15(2,17)12-9-7-11(8-10-12)13-5-3-4-6-14(13)16/h3-10H,17H2,1-2H3. The van der Waals surface area contributed by atoms with Crippen molar-refractivity contribution >= 4 is 25.2 Å². The highest BCUT2D eigenvalue weighted by molar-refractivity contribution is 9.10. The van der Waals surface area contributed by atoms with E-state index in [0.717, 1.165) is 4.47 Å². The van der Waals surface area contributed by atoms with E-state index in [1.54, 1.807) is 0 Å². The molecule has 0 saturated carbocycles. The van der Waals surface area contributed by atoms with Crippen LogP contribution in [0.15, 0.2) is 53.0 Å². The first-order valence-electron chi connectivity index (χ1n) is 5.63. The van der Waals surface area contributed by atoms with Gasteiger partial charge in [-0.2, -0.15) is 0 Å². The third-order valence-corrected chi connectivity index (χ3v) is 3.84. The van der Waals surface area contributed by atoms with Crippen LogP contribution in [-0.2, 0) is 5.16 Å². The average molecular weight is 307 g/mol. The third-order valence-electron chi connectivity index (χ3n) is 2.81. The molecule has 17 heavy (non-hydrogen) atoms. The summed E-state index contributed by atoms with van der Waals surface area (Å²) in [5, 5.41) is 0.131. The van der Waals surface area contributed by atoms with Crippen LogP contribution < -0.4 is 0 Å². The SMILES string of the molecule is CC(C)(P)c1ccc(-c2ccccc2Br)cc1. The van der Waals surface area contributed by atoms with Crippen LogP contribution in [0, 0.1) is 0 Å². The lowest BCUT2D eigenvalue weighted by molar-refractivity contribution is 0.783. The van der Waals surface area contributed by atoms with Crippen molar-refractivity contribution in [3.63, 3.8) is 0 Å². The molecule has 88 valence electrons. The van der Waals surface area contributed by atoms with Crippen LogP contribution in [0.3, 0.4) is 0 Å². The highest BCUT2D eigenvalue weighted by Crippen LogP contribution is 2.33. The van der Waals surface area contributed by atoms with E-state index in [2.05, 4.69) is 81.5 Å². The van der Waals surface area contributed by atoms with E-state index >= 15 is 0 Å². The van der Waals surface area contributed by atoms with Gasteiger partial charge in [0.05, 0.1) is 0 Å². The Morgan fingerprint density at radius 3 is 2.06 bits per heavy atom. The highest BCUT2D eigenvalue weighted by atomic mass is 79.9. The van der Waals surface area contributed by atoms with Crippen LogP contribution in [0.1, 0.15) is 19.4 Å². The predicted octanol–water partition coefficient (Wildman–Crippen LogP) is 5.23. The molecule has 1 atom stereocenters. The smallest absolute Gasteiger partial charge is 0.0253 e. The Bertz CT molecular complexity index is 509. The maximum atomic E-state index is 3.59. The molecule has 0 radical (unpaired) electrons. The Hall–Kier alpha value is -0.650. The largest absolute Gasteiger partial charge is 0.127 e. The first-order valence-corrected chi connectivity index (χ1v) is 7.00. The van der Waals surface area contributed by atoms with Crippen LogP contribution in [0.4, 0.5) is 0 Å². The molecule has 0 N–H and O–H groups in total. The molecule has 0 aliphatic rings. The summed E-state index contributed by atoms with van der Waals surface area (Å²) in [7, 11) is 2.87. The zero-order valence-corrected chi connectivity index (χ0v) is 12.8. The zero-order chi connectivity index (χ0) is 12.5. The lowest BCUT2D eigenvalue weighted by Crippen LogP contribution is -2.05. The van der Waals surface area contributed by atoms with Gasteiger partial charge >= 0.3 is 0 Å². The van der Waals surface area contributed by atoms with E-state index in [9.17, 15) is 0 Å². The van der Waals surface area contributed by atoms with Crippen LogP contribution in [0.25, 0.3) is 11.1 Å². The molecule has 0 heterocycles. The predicted molar refractivity (Wildman–Crippen MR) is 82.3 cm³/mol. The maximum absolute atomic E-state index is 3.59. The summed E-state index contributed by atoms with van der Waals surface area (Å²) in [5.74, 6) is 0. The van der Waals surface area contributed by atoms with Crippen LogP contribution in [0.5, 0.6) is 0 Å². The second kappa shape index (κ2) is 4.92. The first kappa shape index (κ1) is 12.8. The molecule has 0 fully saturated rings. The molecule has 0 amide bonds. The van der Waals surface area contributed by atoms with Gasteiger partial charge in [-0.15, -0.1) is 9.24 Å². The fourth-order valence-electron chi connectivity index (χ4n) is 1.77. The van der Waals surface area contributed by atoms with E-state index in [0.29, 0.717) is 0 Å². The van der Waals surface area contributed by atoms with Gasteiger partial charge in [-0.05, 0) is 22.8 Å². The topological polar surface area (TPSA) is 0 Å². The van der Waals surface area contributed by atoms with E-state index < -0.39 is 0 Å². The lowest BCUT2D eigenvalue weighted by Gasteiger charge is -2.19. The van der Waals surface area contributed by atoms with Crippen molar-refractivity contribution in [1.29, 1.82) is 0 Å². The summed E-state index contributed by atoms with van der Waals surface area (Å²) < 4.78 is 1.14. The normalized spacial score (nSPS) is 11.5. The minimum atomic E-state index is 0.131. The number of hydrogen-bond acceptors (Lipinski definition) is 0. The molecule has 2 heteroatoms. The molecule has 2 aromatic rings. The molecule has 0 nitrogen and oxygen atoms in total. The summed E-state index contributed by atoms with van der Waals surface area (Å²) >= 11 is 3.59. The minimum Gasteiger partial charge on any atom is -0.127 e. The molecular formula is C15H16BrP. The lowest BCUT2D eigenvalue weighted by atomic mass is 9.98. The quantitative estimate of drug-likeness (QED) is 0.667. The summed E-state index contributed by atoms with van der Waals surface area (Å²) in [6, 6.07) is 17.1. The second-order valence-electron chi connectivity index (χ2n) is 4.78. The monoisotopic (exact) mass is 306 g/mol. The third kappa shape index (κ3) is 2.97. The maximum Gasteiger partial charge on any atom is 0.0253 e. The Kier molecular flexibility index (Phi) is 3.70. The fraction of sp³-hybridized carbons (Fsp3) is 0.200. The number of rotatable bonds is 2. The van der Waals surface area contributed by atoms with E-state index in [1.807, 2.05) is 6.07 Å². The van der Waals surface area contributed by atoms with Gasteiger partial charge in [0, 0.05) is 9.63 Å². The summed E-state index contributed by atoms with van der Waals surface area (Å²) in [6.07, 6.45) is 0. The van der Waals surface area contributed by atoms with Crippen molar-refractivity contribution in [3.8, 4) is 11.1 Å². The molecule has 0 aliphatic carbocycles. The molecule has 0 aromatic heterocycles. The molecule has 1 unspecified atom stereocenters. The highest BCUT2D eigenvalue weighted by Gasteiger charge is 2.13. The van der Waals surface area contributed by atoms with Crippen LogP contribution >= 0.6 is 25.2 Å². The van der Waals surface area contributed by atoms with Gasteiger partial charge in [-0.1, -0.05) is 72.2 Å². The van der Waals surface area contributed by atoms with Crippen molar-refractivity contribution in [2.24, 2.45) is 0 Å². The summed E-state index contributed by atoms with van der Waals surface area (Å²) in [6.45, 7) is 4.40. The molecule has 0 aliphatic heterocycles. The van der Waals surface area contributed by atoms with Gasteiger partial charge in [0.1, 0.15) is 0 Å². The number of halogens is 1. The van der Waals surface area contributed by atoms with E-state index in [4.69, 9.17) is 0 Å². The van der Waals surface area contributed by atoms with Crippen molar-refractivity contribution in [2.45, 2.75) is 19.0 Å². The zero-order valence-electron chi connectivity index (χ0n) is 10.1. The van der Waals surface area contributed by atoms with Crippen molar-refractivity contribution in [2.75, 3.05) is 0 Å². The van der Waals surface area contributed by atoms with Gasteiger partial charge in [0.25, 0.3) is 0 Å². The average Bonchev–Trinajstić information content (AvgIpc) is 2.29. The molecule has 2 rings (SSSR count). The van der Waals surface area contributed by atoms with E-state index in [1.165, 1.54) is 16.7 Å². The molecule has 0 bridgehead atoms. The summed E-state index contributed by atoms with van der Waals surface area (Å²) in [5.41, 5.74) is 3.81. The summed E-state index contributed by atoms with van der Waals surface area (Å²) in [4.78, 5) is 0. The molecule has 0 saturated heterocycles. The van der Waals surface area contributed by atoms with Gasteiger partial charge < -0.3 is 0 Å². The van der Waals surface area contributed by atoms with Gasteiger partial charge in [0.2, 0.25) is 0 Å². The molecular weight excluding hydrogens is 291 g/mol. The Morgan fingerprint density at radius 1 is 0.941 bits per heavy atom. The van der Waals surface area contributed by atoms with Gasteiger partial charge in [-0.25, -0.2) is 0 Å². The van der Waals surface area contributed by atoms with Crippen LogP contribution in [0.2, 0.25) is 0 Å². The number of benzene rings is 2. The van der Waals surface area contributed by atoms with E-state index in [-0.39, 0.29) is 5.16 Å². The van der Waals surface area contributed by atoms with Crippen molar-refractivity contribution in [1.82, 2.24) is 0 Å². The van der Waals surface area contributed by atoms with Crippen LogP contribution in [-0.4, -0.2) is 0 Å². The van der Waals surface area contributed by atoms with Crippen molar-refractivity contribution < 1.29 is 0 Å². The minimum absolute atomic E-state index is 0.131.